The van der Waals surface area contributed by atoms with Crippen LogP contribution in [0.4, 0.5) is 0 Å². The number of rotatable bonds is 56. The second-order valence-corrected chi connectivity index (χ2v) is 20.7. The van der Waals surface area contributed by atoms with Crippen LogP contribution < -0.4 is 0 Å². The van der Waals surface area contributed by atoms with Crippen LogP contribution in [0.2, 0.25) is 0 Å². The molecule has 0 saturated carbocycles. The Kier molecular flexibility index (Phi) is 55.7. The standard InChI is InChI=1S/C62H116O6/c1-4-7-10-13-16-19-22-25-28-30-31-33-34-37-40-43-46-49-52-55-61(64)67-58-59(57-66-60(63)54-51-48-45-42-39-36-27-24-21-18-15-12-9-6-3)68-62(65)56-53-50-47-44-41-38-35-32-29-26-23-20-17-14-11-8-5-2/h16,19,22,25,59H,4-15,17-18,20-21,23-24,26-58H2,1-3H3/b19-16-,25-22-. The van der Waals surface area contributed by atoms with Crippen LogP contribution in [0.5, 0.6) is 0 Å². The van der Waals surface area contributed by atoms with Crippen LogP contribution in [0.25, 0.3) is 0 Å². The Morgan fingerprint density at radius 2 is 0.515 bits per heavy atom. The van der Waals surface area contributed by atoms with E-state index in [1.165, 1.54) is 238 Å². The monoisotopic (exact) mass is 957 g/mol. The Morgan fingerprint density at radius 1 is 0.294 bits per heavy atom. The lowest BCUT2D eigenvalue weighted by atomic mass is 10.0. The van der Waals surface area contributed by atoms with Crippen molar-refractivity contribution in [3.63, 3.8) is 0 Å². The molecule has 0 amide bonds. The number of carbonyl (C=O) groups excluding carboxylic acids is 3. The molecule has 6 nitrogen and oxygen atoms in total. The number of carbonyl (C=O) groups is 3. The molecule has 0 spiro atoms. The minimum atomic E-state index is -0.767. The molecule has 0 N–H and O–H groups in total. The van der Waals surface area contributed by atoms with E-state index in [9.17, 15) is 14.4 Å². The molecule has 0 rings (SSSR count). The number of unbranched alkanes of at least 4 members (excludes halogenated alkanes) is 42. The Balaban J connectivity index is 4.31. The predicted molar refractivity (Wildman–Crippen MR) is 293 cm³/mol. The van der Waals surface area contributed by atoms with Gasteiger partial charge in [-0.3, -0.25) is 14.4 Å². The predicted octanol–water partition coefficient (Wildman–Crippen LogP) is 20.3. The van der Waals surface area contributed by atoms with Gasteiger partial charge in [0.1, 0.15) is 13.2 Å². The van der Waals surface area contributed by atoms with Crippen LogP contribution in [-0.4, -0.2) is 37.2 Å². The Morgan fingerprint density at radius 3 is 0.809 bits per heavy atom. The minimum Gasteiger partial charge on any atom is -0.462 e. The second-order valence-electron chi connectivity index (χ2n) is 20.7. The lowest BCUT2D eigenvalue weighted by Crippen LogP contribution is -2.30. The molecule has 0 radical (unpaired) electrons. The van der Waals surface area contributed by atoms with Crippen molar-refractivity contribution in [1.82, 2.24) is 0 Å². The second kappa shape index (κ2) is 57.5. The molecule has 1 unspecified atom stereocenters. The third kappa shape index (κ3) is 54.8. The van der Waals surface area contributed by atoms with Gasteiger partial charge in [-0.15, -0.1) is 0 Å². The highest BCUT2D eigenvalue weighted by Crippen LogP contribution is 2.17. The molecule has 0 aliphatic rings. The average molecular weight is 958 g/mol. The molecule has 0 aromatic rings. The first-order chi connectivity index (χ1) is 33.5. The normalized spacial score (nSPS) is 12.1. The van der Waals surface area contributed by atoms with E-state index in [0.29, 0.717) is 19.3 Å². The number of hydrogen-bond donors (Lipinski definition) is 0. The van der Waals surface area contributed by atoms with E-state index in [4.69, 9.17) is 14.2 Å². The Bertz CT molecular complexity index is 1100. The van der Waals surface area contributed by atoms with Crippen molar-refractivity contribution >= 4 is 17.9 Å². The van der Waals surface area contributed by atoms with Gasteiger partial charge in [0.2, 0.25) is 0 Å². The van der Waals surface area contributed by atoms with Crippen LogP contribution in [0, 0.1) is 0 Å². The van der Waals surface area contributed by atoms with E-state index in [2.05, 4.69) is 45.1 Å². The smallest absolute Gasteiger partial charge is 0.306 e. The van der Waals surface area contributed by atoms with Crippen molar-refractivity contribution in [1.29, 1.82) is 0 Å². The van der Waals surface area contributed by atoms with Gasteiger partial charge in [-0.1, -0.05) is 295 Å². The molecule has 0 saturated heterocycles. The molecule has 1 atom stereocenters. The zero-order valence-electron chi connectivity index (χ0n) is 45.9. The van der Waals surface area contributed by atoms with E-state index >= 15 is 0 Å². The van der Waals surface area contributed by atoms with Crippen molar-refractivity contribution in [3.8, 4) is 0 Å². The van der Waals surface area contributed by atoms with E-state index in [1.807, 2.05) is 0 Å². The summed E-state index contributed by atoms with van der Waals surface area (Å²) in [6.45, 7) is 6.67. The van der Waals surface area contributed by atoms with Crippen LogP contribution in [0.15, 0.2) is 24.3 Å². The first-order valence-electron chi connectivity index (χ1n) is 30.4. The van der Waals surface area contributed by atoms with Gasteiger partial charge >= 0.3 is 17.9 Å². The fourth-order valence-corrected chi connectivity index (χ4v) is 9.14. The zero-order chi connectivity index (χ0) is 49.3. The summed E-state index contributed by atoms with van der Waals surface area (Å²) in [6.07, 6.45) is 67.4. The highest BCUT2D eigenvalue weighted by Gasteiger charge is 2.19. The highest BCUT2D eigenvalue weighted by molar-refractivity contribution is 5.71. The molecule has 0 bridgehead atoms. The van der Waals surface area contributed by atoms with Gasteiger partial charge < -0.3 is 14.2 Å². The van der Waals surface area contributed by atoms with Gasteiger partial charge in [0.25, 0.3) is 0 Å². The summed E-state index contributed by atoms with van der Waals surface area (Å²) in [5, 5.41) is 0. The molecular formula is C62H116O6. The van der Waals surface area contributed by atoms with Gasteiger partial charge in [-0.25, -0.2) is 0 Å². The van der Waals surface area contributed by atoms with Gasteiger partial charge in [0.15, 0.2) is 6.10 Å². The van der Waals surface area contributed by atoms with Crippen molar-refractivity contribution in [3.05, 3.63) is 24.3 Å². The lowest BCUT2D eigenvalue weighted by molar-refractivity contribution is -0.167. The maximum absolute atomic E-state index is 12.9. The van der Waals surface area contributed by atoms with Crippen molar-refractivity contribution in [2.45, 2.75) is 341 Å². The quantitative estimate of drug-likeness (QED) is 0.0262. The lowest BCUT2D eigenvalue weighted by Gasteiger charge is -2.18. The van der Waals surface area contributed by atoms with Gasteiger partial charge in [-0.2, -0.15) is 0 Å². The molecule has 0 aromatic heterocycles. The first-order valence-corrected chi connectivity index (χ1v) is 30.4. The molecule has 68 heavy (non-hydrogen) atoms. The maximum Gasteiger partial charge on any atom is 0.306 e. The summed E-state index contributed by atoms with van der Waals surface area (Å²) in [5.41, 5.74) is 0. The summed E-state index contributed by atoms with van der Waals surface area (Å²) in [4.78, 5) is 38.2. The number of esters is 3. The fraction of sp³-hybridized carbons (Fsp3) is 0.887. The summed E-state index contributed by atoms with van der Waals surface area (Å²) < 4.78 is 16.9. The van der Waals surface area contributed by atoms with E-state index in [0.717, 1.165) is 57.8 Å². The van der Waals surface area contributed by atoms with Crippen LogP contribution in [-0.2, 0) is 28.6 Å². The topological polar surface area (TPSA) is 78.9 Å². The molecule has 0 fully saturated rings. The van der Waals surface area contributed by atoms with E-state index in [-0.39, 0.29) is 31.1 Å². The maximum atomic E-state index is 12.9. The Hall–Kier alpha value is -2.11. The van der Waals surface area contributed by atoms with Crippen molar-refractivity contribution in [2.24, 2.45) is 0 Å². The third-order valence-corrected chi connectivity index (χ3v) is 13.7. The van der Waals surface area contributed by atoms with Gasteiger partial charge in [0, 0.05) is 19.3 Å². The summed E-state index contributed by atoms with van der Waals surface area (Å²) >= 11 is 0. The number of ether oxygens (including phenoxy) is 3. The molecule has 0 heterocycles. The summed E-state index contributed by atoms with van der Waals surface area (Å²) in [6, 6.07) is 0. The van der Waals surface area contributed by atoms with E-state index < -0.39 is 6.10 Å². The van der Waals surface area contributed by atoms with Crippen LogP contribution >= 0.6 is 0 Å². The Labute approximate surface area is 423 Å². The first kappa shape index (κ1) is 65.9. The molecule has 0 aromatic carbocycles. The summed E-state index contributed by atoms with van der Waals surface area (Å²) in [7, 11) is 0. The SMILES string of the molecule is CCCCC/C=C\C=C/CCCCCCCCCCCCC(=O)OCC(COC(=O)CCCCCCCCCCCCCCCC)OC(=O)CCCCCCCCCCCCCCCCCCC. The number of allylic oxidation sites excluding steroid dienone is 4. The molecule has 6 heteroatoms. The average Bonchev–Trinajstić information content (AvgIpc) is 3.34. The van der Waals surface area contributed by atoms with Crippen LogP contribution in [0.3, 0.4) is 0 Å². The molecular weight excluding hydrogens is 841 g/mol. The summed E-state index contributed by atoms with van der Waals surface area (Å²) in [5.74, 6) is -0.844. The van der Waals surface area contributed by atoms with E-state index in [1.54, 1.807) is 0 Å². The minimum absolute atomic E-state index is 0.0661. The highest BCUT2D eigenvalue weighted by atomic mass is 16.6. The zero-order valence-corrected chi connectivity index (χ0v) is 45.9. The van der Waals surface area contributed by atoms with Crippen molar-refractivity contribution in [2.75, 3.05) is 13.2 Å². The van der Waals surface area contributed by atoms with Gasteiger partial charge in [0.05, 0.1) is 0 Å². The third-order valence-electron chi connectivity index (χ3n) is 13.7. The largest absolute Gasteiger partial charge is 0.462 e. The molecule has 0 aliphatic heterocycles. The van der Waals surface area contributed by atoms with Crippen LogP contribution in [0.1, 0.15) is 335 Å². The fourth-order valence-electron chi connectivity index (χ4n) is 9.14. The van der Waals surface area contributed by atoms with Crippen molar-refractivity contribution < 1.29 is 28.6 Å². The molecule has 0 aliphatic carbocycles. The number of hydrogen-bond acceptors (Lipinski definition) is 6. The molecule has 400 valence electrons. The van der Waals surface area contributed by atoms with Gasteiger partial charge in [-0.05, 0) is 44.9 Å².